The second-order valence-corrected chi connectivity index (χ2v) is 7.68. The van der Waals surface area contributed by atoms with Gasteiger partial charge in [-0.15, -0.1) is 11.8 Å². The van der Waals surface area contributed by atoms with Gasteiger partial charge in [-0.25, -0.2) is 9.97 Å². The number of aromatic nitrogens is 3. The lowest BCUT2D eigenvalue weighted by atomic mass is 10.1. The van der Waals surface area contributed by atoms with Crippen LogP contribution in [0.1, 0.15) is 12.5 Å². The number of aryl methyl sites for hydroxylation is 1. The highest BCUT2D eigenvalue weighted by Crippen LogP contribution is 2.37. The second kappa shape index (κ2) is 7.14. The van der Waals surface area contributed by atoms with Crippen LogP contribution in [-0.4, -0.2) is 20.3 Å². The first-order chi connectivity index (χ1) is 12.7. The van der Waals surface area contributed by atoms with Gasteiger partial charge in [-0.05, 0) is 35.9 Å². The van der Waals surface area contributed by atoms with Crippen molar-refractivity contribution in [3.8, 4) is 16.8 Å². The lowest BCUT2D eigenvalue weighted by Gasteiger charge is -2.07. The lowest BCUT2D eigenvalue weighted by molar-refractivity contribution is 1.04. The van der Waals surface area contributed by atoms with E-state index in [-0.39, 0.29) is 0 Å². The fourth-order valence-corrected chi connectivity index (χ4v) is 3.96. The Hall–Kier alpha value is -2.30. The summed E-state index contributed by atoms with van der Waals surface area (Å²) in [6.45, 7) is 4.14. The summed E-state index contributed by atoms with van der Waals surface area (Å²) in [4.78, 5) is 9.13. The van der Waals surface area contributed by atoms with Gasteiger partial charge in [0.2, 0.25) is 0 Å². The molecule has 26 heavy (non-hydrogen) atoms. The molecule has 5 heteroatoms. The van der Waals surface area contributed by atoms with Gasteiger partial charge < -0.3 is 4.57 Å². The molecule has 0 saturated carbocycles. The van der Waals surface area contributed by atoms with Crippen molar-refractivity contribution in [3.63, 3.8) is 0 Å². The molecule has 130 valence electrons. The molecule has 0 radical (unpaired) electrons. The topological polar surface area (TPSA) is 30.7 Å². The minimum Gasteiger partial charge on any atom is -0.301 e. The average Bonchev–Trinajstić information content (AvgIpc) is 3.06. The van der Waals surface area contributed by atoms with Crippen LogP contribution < -0.4 is 0 Å². The number of nitrogens with zero attached hydrogens (tertiary/aromatic N) is 3. The van der Waals surface area contributed by atoms with Gasteiger partial charge in [-0.1, -0.05) is 54.9 Å². The van der Waals surface area contributed by atoms with E-state index in [1.807, 2.05) is 25.1 Å². The summed E-state index contributed by atoms with van der Waals surface area (Å²) in [6, 6.07) is 16.5. The quantitative estimate of drug-likeness (QED) is 0.314. The van der Waals surface area contributed by atoms with Crippen LogP contribution in [0.2, 0.25) is 5.02 Å². The number of benzene rings is 2. The van der Waals surface area contributed by atoms with Gasteiger partial charge in [0.25, 0.3) is 0 Å². The van der Waals surface area contributed by atoms with Crippen molar-refractivity contribution in [2.24, 2.45) is 0 Å². The third-order valence-electron chi connectivity index (χ3n) is 4.35. The second-order valence-electron chi connectivity index (χ2n) is 6.02. The molecule has 4 rings (SSSR count). The van der Waals surface area contributed by atoms with Crippen LogP contribution in [-0.2, 0) is 0 Å². The molecule has 0 aliphatic carbocycles. The van der Waals surface area contributed by atoms with Crippen LogP contribution in [0.5, 0.6) is 0 Å². The predicted octanol–water partition coefficient (Wildman–Crippen LogP) is 6.16. The number of fused-ring (bicyclic) bond motifs is 1. The summed E-state index contributed by atoms with van der Waals surface area (Å²) >= 11 is 8.11. The third-order valence-corrected chi connectivity index (χ3v) is 5.63. The summed E-state index contributed by atoms with van der Waals surface area (Å²) in [6.07, 6.45) is 3.77. The molecule has 0 atom stereocenters. The standard InChI is InChI=1S/C21H18ClN3S/c1-3-26-21-19-17(15-7-5-4-6-8-15)12-25(20(19)23-13-24-21)16-10-9-14(2)18(22)11-16/h4-13H,3H2,1-2H3. The summed E-state index contributed by atoms with van der Waals surface area (Å²) in [5.41, 5.74) is 5.25. The van der Waals surface area contributed by atoms with E-state index in [4.69, 9.17) is 11.6 Å². The Balaban J connectivity index is 2.03. The van der Waals surface area contributed by atoms with E-state index in [1.54, 1.807) is 18.1 Å². The molecule has 2 heterocycles. The van der Waals surface area contributed by atoms with Crippen molar-refractivity contribution in [3.05, 3.63) is 71.6 Å². The Bertz CT molecular complexity index is 1070. The van der Waals surface area contributed by atoms with E-state index >= 15 is 0 Å². The first kappa shape index (κ1) is 17.1. The van der Waals surface area contributed by atoms with Gasteiger partial charge in [0.15, 0.2) is 0 Å². The van der Waals surface area contributed by atoms with Crippen molar-refractivity contribution in [2.45, 2.75) is 18.9 Å². The molecule has 0 N–H and O–H groups in total. The Labute approximate surface area is 162 Å². The van der Waals surface area contributed by atoms with Gasteiger partial charge in [0.1, 0.15) is 17.0 Å². The minimum absolute atomic E-state index is 0.753. The Morgan fingerprint density at radius 1 is 1.08 bits per heavy atom. The van der Waals surface area contributed by atoms with Crippen LogP contribution in [0.25, 0.3) is 27.8 Å². The van der Waals surface area contributed by atoms with Gasteiger partial charge in [0, 0.05) is 22.5 Å². The number of hydrogen-bond donors (Lipinski definition) is 0. The Morgan fingerprint density at radius 2 is 1.88 bits per heavy atom. The highest BCUT2D eigenvalue weighted by atomic mass is 35.5. The van der Waals surface area contributed by atoms with E-state index in [1.165, 1.54) is 0 Å². The fourth-order valence-electron chi connectivity index (χ4n) is 3.05. The van der Waals surface area contributed by atoms with E-state index in [2.05, 4.69) is 58.0 Å². The molecule has 3 nitrogen and oxygen atoms in total. The monoisotopic (exact) mass is 379 g/mol. The van der Waals surface area contributed by atoms with E-state index in [0.29, 0.717) is 0 Å². The highest BCUT2D eigenvalue weighted by Gasteiger charge is 2.17. The molecule has 0 aliphatic heterocycles. The van der Waals surface area contributed by atoms with Crippen LogP contribution in [0.15, 0.2) is 66.1 Å². The van der Waals surface area contributed by atoms with Gasteiger partial charge in [-0.2, -0.15) is 0 Å². The maximum Gasteiger partial charge on any atom is 0.149 e. The maximum absolute atomic E-state index is 6.37. The van der Waals surface area contributed by atoms with Crippen molar-refractivity contribution in [1.82, 2.24) is 14.5 Å². The molecule has 0 aliphatic rings. The first-order valence-corrected chi connectivity index (χ1v) is 9.86. The molecule has 0 saturated heterocycles. The molecular formula is C21H18ClN3S. The van der Waals surface area contributed by atoms with Gasteiger partial charge in [-0.3, -0.25) is 0 Å². The van der Waals surface area contributed by atoms with Crippen LogP contribution >= 0.6 is 23.4 Å². The smallest absolute Gasteiger partial charge is 0.149 e. The predicted molar refractivity (Wildman–Crippen MR) is 110 cm³/mol. The van der Waals surface area contributed by atoms with Crippen molar-refractivity contribution >= 4 is 34.4 Å². The highest BCUT2D eigenvalue weighted by molar-refractivity contribution is 7.99. The zero-order valence-corrected chi connectivity index (χ0v) is 16.2. The van der Waals surface area contributed by atoms with Gasteiger partial charge >= 0.3 is 0 Å². The summed E-state index contributed by atoms with van der Waals surface area (Å²) in [7, 11) is 0. The van der Waals surface area contributed by atoms with Crippen LogP contribution in [0, 0.1) is 6.92 Å². The molecule has 0 amide bonds. The zero-order valence-electron chi connectivity index (χ0n) is 14.6. The molecule has 0 fully saturated rings. The Kier molecular flexibility index (Phi) is 4.70. The summed E-state index contributed by atoms with van der Waals surface area (Å²) in [5.74, 6) is 0.960. The number of thioether (sulfide) groups is 1. The van der Waals surface area contributed by atoms with E-state index in [0.717, 1.165) is 49.2 Å². The number of hydrogen-bond acceptors (Lipinski definition) is 3. The minimum atomic E-state index is 0.753. The summed E-state index contributed by atoms with van der Waals surface area (Å²) in [5, 5.41) is 2.85. The SMILES string of the molecule is CCSc1ncnc2c1c(-c1ccccc1)cn2-c1ccc(C)c(Cl)c1. The maximum atomic E-state index is 6.37. The molecule has 2 aromatic heterocycles. The molecular weight excluding hydrogens is 362 g/mol. The number of rotatable bonds is 4. The van der Waals surface area contributed by atoms with Gasteiger partial charge in [0.05, 0.1) is 5.39 Å². The van der Waals surface area contributed by atoms with Crippen molar-refractivity contribution in [1.29, 1.82) is 0 Å². The van der Waals surface area contributed by atoms with Crippen molar-refractivity contribution in [2.75, 3.05) is 5.75 Å². The third kappa shape index (κ3) is 3.00. The van der Waals surface area contributed by atoms with E-state index < -0.39 is 0 Å². The fraction of sp³-hybridized carbons (Fsp3) is 0.143. The van der Waals surface area contributed by atoms with Crippen LogP contribution in [0.3, 0.4) is 0 Å². The zero-order chi connectivity index (χ0) is 18.1. The Morgan fingerprint density at radius 3 is 2.62 bits per heavy atom. The van der Waals surface area contributed by atoms with E-state index in [9.17, 15) is 0 Å². The normalized spacial score (nSPS) is 11.2. The molecule has 2 aromatic carbocycles. The molecule has 0 unspecified atom stereocenters. The average molecular weight is 380 g/mol. The largest absolute Gasteiger partial charge is 0.301 e. The summed E-state index contributed by atoms with van der Waals surface area (Å²) < 4.78 is 2.10. The van der Waals surface area contributed by atoms with Crippen LogP contribution in [0.4, 0.5) is 0 Å². The molecule has 4 aromatic rings. The number of halogens is 1. The molecule has 0 spiro atoms. The first-order valence-electron chi connectivity index (χ1n) is 8.50. The van der Waals surface area contributed by atoms with Crippen molar-refractivity contribution < 1.29 is 0 Å². The lowest BCUT2D eigenvalue weighted by Crippen LogP contribution is -1.95. The molecule has 0 bridgehead atoms.